The van der Waals surface area contributed by atoms with Gasteiger partial charge < -0.3 is 0 Å². The molecule has 3 heterocycles. The molecular formula is C26H16F2N4O2S2. The van der Waals surface area contributed by atoms with Gasteiger partial charge in [-0.2, -0.15) is 0 Å². The Hall–Kier alpha value is -4.15. The number of nitrogens with zero attached hydrogens (tertiary/aromatic N) is 4. The second kappa shape index (κ2) is 9.84. The van der Waals surface area contributed by atoms with Crippen LogP contribution in [0.1, 0.15) is 25.0 Å². The number of benzene rings is 2. The highest BCUT2D eigenvalue weighted by atomic mass is 32.1. The molecule has 0 N–H and O–H groups in total. The van der Waals surface area contributed by atoms with E-state index in [1.807, 2.05) is 0 Å². The van der Waals surface area contributed by atoms with E-state index in [1.165, 1.54) is 36.7 Å². The fraction of sp³-hybridized carbons (Fsp3) is 0.0385. The summed E-state index contributed by atoms with van der Waals surface area (Å²) in [7, 11) is 0. The molecule has 2 aromatic carbocycles. The van der Waals surface area contributed by atoms with Gasteiger partial charge in [-0.3, -0.25) is 9.59 Å². The lowest BCUT2D eigenvalue weighted by Crippen LogP contribution is -2.37. The maximum absolute atomic E-state index is 13.7. The van der Waals surface area contributed by atoms with E-state index in [4.69, 9.17) is 0 Å². The molecule has 0 saturated carbocycles. The van der Waals surface area contributed by atoms with Crippen LogP contribution in [-0.4, -0.2) is 26.8 Å². The molecule has 0 aliphatic carbocycles. The lowest BCUT2D eigenvalue weighted by atomic mass is 10.2. The number of carbonyl (C=O) groups excluding carboxylic acids is 2. The van der Waals surface area contributed by atoms with E-state index in [2.05, 4.69) is 15.0 Å². The maximum atomic E-state index is 13.7. The SMILES string of the molecule is Cc1nc(-c2ccc(F)cc2)sc1C(=O)N(C(=O)c1cnc(-c2ccc(F)cc2)s1)c1ccccn1. The molecule has 5 rings (SSSR count). The molecule has 6 nitrogen and oxygen atoms in total. The van der Waals surface area contributed by atoms with Crippen LogP contribution in [0.2, 0.25) is 0 Å². The molecule has 2 amide bonds. The highest BCUT2D eigenvalue weighted by molar-refractivity contribution is 7.18. The summed E-state index contributed by atoms with van der Waals surface area (Å²) < 4.78 is 26.6. The van der Waals surface area contributed by atoms with Crippen LogP contribution < -0.4 is 4.90 Å². The Morgan fingerprint density at radius 1 is 0.778 bits per heavy atom. The van der Waals surface area contributed by atoms with E-state index in [0.717, 1.165) is 27.6 Å². The molecule has 0 saturated heterocycles. The lowest BCUT2D eigenvalue weighted by Gasteiger charge is -2.18. The van der Waals surface area contributed by atoms with E-state index in [0.29, 0.717) is 26.8 Å². The third kappa shape index (κ3) is 4.68. The average Bonchev–Trinajstić information content (AvgIpc) is 3.53. The van der Waals surface area contributed by atoms with Gasteiger partial charge in [0.25, 0.3) is 11.8 Å². The molecule has 36 heavy (non-hydrogen) atoms. The highest BCUT2D eigenvalue weighted by Crippen LogP contribution is 2.32. The van der Waals surface area contributed by atoms with Crippen molar-refractivity contribution in [2.24, 2.45) is 0 Å². The number of anilines is 1. The monoisotopic (exact) mass is 518 g/mol. The Labute approximate surface area is 212 Å². The number of imide groups is 1. The van der Waals surface area contributed by atoms with Crippen LogP contribution in [-0.2, 0) is 0 Å². The van der Waals surface area contributed by atoms with Gasteiger partial charge in [0.15, 0.2) is 0 Å². The fourth-order valence-corrected chi connectivity index (χ4v) is 5.26. The maximum Gasteiger partial charge on any atom is 0.278 e. The van der Waals surface area contributed by atoms with Crippen LogP contribution in [0.5, 0.6) is 0 Å². The number of aryl methyl sites for hydroxylation is 1. The van der Waals surface area contributed by atoms with Gasteiger partial charge in [0.2, 0.25) is 0 Å². The van der Waals surface area contributed by atoms with Gasteiger partial charge in [-0.05, 0) is 67.6 Å². The van der Waals surface area contributed by atoms with Crippen molar-refractivity contribution in [1.29, 1.82) is 0 Å². The molecule has 0 bridgehead atoms. The molecular weight excluding hydrogens is 502 g/mol. The molecule has 5 aromatic rings. The quantitative estimate of drug-likeness (QED) is 0.252. The van der Waals surface area contributed by atoms with Gasteiger partial charge >= 0.3 is 0 Å². The van der Waals surface area contributed by atoms with Crippen LogP contribution in [0.4, 0.5) is 14.6 Å². The molecule has 0 fully saturated rings. The summed E-state index contributed by atoms with van der Waals surface area (Å²) in [5.74, 6) is -1.78. The summed E-state index contributed by atoms with van der Waals surface area (Å²) in [5.41, 5.74) is 1.75. The van der Waals surface area contributed by atoms with Gasteiger partial charge in [-0.1, -0.05) is 6.07 Å². The molecule has 0 aliphatic heterocycles. The van der Waals surface area contributed by atoms with E-state index >= 15 is 0 Å². The van der Waals surface area contributed by atoms with E-state index in [1.54, 1.807) is 49.4 Å². The first-order valence-electron chi connectivity index (χ1n) is 10.7. The number of hydrogen-bond acceptors (Lipinski definition) is 7. The van der Waals surface area contributed by atoms with Crippen molar-refractivity contribution in [3.05, 3.63) is 106 Å². The van der Waals surface area contributed by atoms with Crippen molar-refractivity contribution < 1.29 is 18.4 Å². The largest absolute Gasteiger partial charge is 0.278 e. The van der Waals surface area contributed by atoms with Crippen LogP contribution >= 0.6 is 22.7 Å². The van der Waals surface area contributed by atoms with Crippen molar-refractivity contribution in [2.75, 3.05) is 4.90 Å². The second-order valence-electron chi connectivity index (χ2n) is 7.61. The van der Waals surface area contributed by atoms with Crippen LogP contribution in [0, 0.1) is 18.6 Å². The Morgan fingerprint density at radius 3 is 2.03 bits per heavy atom. The van der Waals surface area contributed by atoms with Crippen molar-refractivity contribution >= 4 is 40.3 Å². The third-order valence-electron chi connectivity index (χ3n) is 5.17. The smallest absolute Gasteiger partial charge is 0.267 e. The van der Waals surface area contributed by atoms with Crippen molar-refractivity contribution in [1.82, 2.24) is 15.0 Å². The van der Waals surface area contributed by atoms with E-state index in [9.17, 15) is 18.4 Å². The topological polar surface area (TPSA) is 76.1 Å². The van der Waals surface area contributed by atoms with E-state index in [-0.39, 0.29) is 27.2 Å². The predicted octanol–water partition coefficient (Wildman–Crippen LogP) is 6.40. The zero-order chi connectivity index (χ0) is 25.2. The minimum Gasteiger partial charge on any atom is -0.267 e. The van der Waals surface area contributed by atoms with Crippen molar-refractivity contribution in [3.8, 4) is 21.1 Å². The van der Waals surface area contributed by atoms with E-state index < -0.39 is 11.8 Å². The lowest BCUT2D eigenvalue weighted by molar-refractivity contribution is 0.0900. The van der Waals surface area contributed by atoms with Crippen LogP contribution in [0.3, 0.4) is 0 Å². The van der Waals surface area contributed by atoms with Gasteiger partial charge in [-0.25, -0.2) is 28.6 Å². The fourth-order valence-electron chi connectivity index (χ4n) is 3.41. The molecule has 10 heteroatoms. The number of thiazole rings is 2. The van der Waals surface area contributed by atoms with Gasteiger partial charge in [0, 0.05) is 17.3 Å². The summed E-state index contributed by atoms with van der Waals surface area (Å²) in [6.45, 7) is 1.68. The Kier molecular flexibility index (Phi) is 6.45. The molecule has 3 aromatic heterocycles. The number of carbonyl (C=O) groups is 2. The van der Waals surface area contributed by atoms with Gasteiger partial charge in [0.05, 0.1) is 11.9 Å². The van der Waals surface area contributed by atoms with Gasteiger partial charge in [0.1, 0.15) is 37.2 Å². The summed E-state index contributed by atoms with van der Waals surface area (Å²) in [6, 6.07) is 16.5. The number of amides is 2. The van der Waals surface area contributed by atoms with Crippen LogP contribution in [0.25, 0.3) is 21.1 Å². The zero-order valence-corrected chi connectivity index (χ0v) is 20.3. The first-order chi connectivity index (χ1) is 17.4. The number of hydrogen-bond donors (Lipinski definition) is 0. The van der Waals surface area contributed by atoms with Gasteiger partial charge in [-0.15, -0.1) is 22.7 Å². The Balaban J connectivity index is 1.51. The zero-order valence-electron chi connectivity index (χ0n) is 18.7. The second-order valence-corrected chi connectivity index (χ2v) is 9.64. The number of pyridine rings is 1. The normalized spacial score (nSPS) is 10.9. The summed E-state index contributed by atoms with van der Waals surface area (Å²) in [5, 5.41) is 1.04. The number of halogens is 2. The summed E-state index contributed by atoms with van der Waals surface area (Å²) in [6.07, 6.45) is 2.88. The summed E-state index contributed by atoms with van der Waals surface area (Å²) >= 11 is 2.20. The average molecular weight is 519 g/mol. The first kappa shape index (κ1) is 23.6. The molecule has 0 spiro atoms. The summed E-state index contributed by atoms with van der Waals surface area (Å²) in [4.78, 5) is 41.8. The first-order valence-corrected chi connectivity index (χ1v) is 12.3. The molecule has 0 radical (unpaired) electrons. The predicted molar refractivity (Wildman–Crippen MR) is 135 cm³/mol. The standard InChI is InChI=1S/C26H16F2N4O2S2/c1-15-22(36-24(31-15)17-7-11-19(28)12-8-17)26(34)32(21-4-2-3-13-29-21)25(33)20-14-30-23(35-20)16-5-9-18(27)10-6-16/h2-14H,1H3. The number of rotatable bonds is 5. The molecule has 0 unspecified atom stereocenters. The minimum atomic E-state index is -0.597. The molecule has 0 aliphatic rings. The van der Waals surface area contributed by atoms with Crippen molar-refractivity contribution in [2.45, 2.75) is 6.92 Å². The van der Waals surface area contributed by atoms with Crippen LogP contribution in [0.15, 0.2) is 79.1 Å². The molecule has 0 atom stereocenters. The van der Waals surface area contributed by atoms with Crippen molar-refractivity contribution in [3.63, 3.8) is 0 Å². The molecule has 178 valence electrons. The Morgan fingerprint density at radius 2 is 1.42 bits per heavy atom. The third-order valence-corrected chi connectivity index (χ3v) is 7.40. The minimum absolute atomic E-state index is 0.153. The highest BCUT2D eigenvalue weighted by Gasteiger charge is 2.31. The Bertz CT molecular complexity index is 1550. The number of aromatic nitrogens is 3.